The Morgan fingerprint density at radius 3 is 2.64 bits per heavy atom. The summed E-state index contributed by atoms with van der Waals surface area (Å²) in [5.74, 6) is -0.997. The molecular formula is C30H28F3N7O4. The van der Waals surface area contributed by atoms with Gasteiger partial charge in [0, 0.05) is 38.0 Å². The van der Waals surface area contributed by atoms with Gasteiger partial charge in [0.25, 0.3) is 11.5 Å². The van der Waals surface area contributed by atoms with Gasteiger partial charge >= 0.3 is 6.11 Å². The van der Waals surface area contributed by atoms with Gasteiger partial charge in [0.05, 0.1) is 30.8 Å². The van der Waals surface area contributed by atoms with E-state index in [1.807, 2.05) is 6.07 Å². The minimum Gasteiger partial charge on any atom is -0.433 e. The van der Waals surface area contributed by atoms with E-state index in [1.165, 1.54) is 52.0 Å². The summed E-state index contributed by atoms with van der Waals surface area (Å²) in [4.78, 5) is 37.3. The normalized spacial score (nSPS) is 11.8. The van der Waals surface area contributed by atoms with Crippen molar-refractivity contribution in [3.63, 3.8) is 0 Å². The summed E-state index contributed by atoms with van der Waals surface area (Å²) >= 11 is 0. The second kappa shape index (κ2) is 14.1. The van der Waals surface area contributed by atoms with Gasteiger partial charge in [-0.05, 0) is 47.9 Å². The molecule has 2 amide bonds. The van der Waals surface area contributed by atoms with E-state index in [2.05, 4.69) is 25.7 Å². The summed E-state index contributed by atoms with van der Waals surface area (Å²) in [6.45, 7) is 0.484. The van der Waals surface area contributed by atoms with Gasteiger partial charge in [0.15, 0.2) is 5.69 Å². The average Bonchev–Trinajstić information content (AvgIpc) is 3.43. The topological polar surface area (TPSA) is 144 Å². The number of alkyl halides is 3. The lowest BCUT2D eigenvalue weighted by Gasteiger charge is -2.13. The number of halogens is 3. The summed E-state index contributed by atoms with van der Waals surface area (Å²) in [7, 11) is 0. The molecule has 4 aromatic rings. The Kier molecular flexibility index (Phi) is 10.1. The van der Waals surface area contributed by atoms with Crippen LogP contribution in [0.5, 0.6) is 5.75 Å². The number of aromatic nitrogens is 4. The maximum absolute atomic E-state index is 14.7. The third kappa shape index (κ3) is 9.55. The summed E-state index contributed by atoms with van der Waals surface area (Å²) < 4.78 is 47.9. The lowest BCUT2D eigenvalue weighted by molar-refractivity contribution is -0.159. The largest absolute Gasteiger partial charge is 0.433 e. The zero-order chi connectivity index (χ0) is 31.7. The van der Waals surface area contributed by atoms with Gasteiger partial charge < -0.3 is 19.9 Å². The molecule has 1 unspecified atom stereocenters. The highest BCUT2D eigenvalue weighted by Gasteiger charge is 2.23. The highest BCUT2D eigenvalue weighted by Crippen LogP contribution is 2.22. The molecular weight excluding hydrogens is 579 g/mol. The Morgan fingerprint density at radius 2 is 1.89 bits per heavy atom. The molecule has 0 aliphatic heterocycles. The number of carbonyl (C=O) groups is 2. The molecule has 0 saturated heterocycles. The molecule has 0 radical (unpaired) electrons. The quantitative estimate of drug-likeness (QED) is 0.235. The van der Waals surface area contributed by atoms with E-state index in [0.29, 0.717) is 29.3 Å². The fourth-order valence-electron chi connectivity index (χ4n) is 4.18. The zero-order valence-electron chi connectivity index (χ0n) is 23.5. The molecule has 2 N–H and O–H groups in total. The predicted molar refractivity (Wildman–Crippen MR) is 153 cm³/mol. The number of nitrogens with zero attached hydrogens (tertiary/aromatic N) is 5. The maximum Gasteiger partial charge on any atom is 0.394 e. The van der Waals surface area contributed by atoms with Crippen LogP contribution in [0.15, 0.2) is 77.9 Å². The van der Waals surface area contributed by atoms with E-state index >= 15 is 0 Å². The van der Waals surface area contributed by atoms with E-state index in [0.717, 1.165) is 0 Å². The number of anilines is 1. The zero-order valence-corrected chi connectivity index (χ0v) is 23.5. The first-order valence-corrected chi connectivity index (χ1v) is 13.4. The Labute approximate surface area is 249 Å². The molecule has 1 atom stereocenters. The highest BCUT2D eigenvalue weighted by molar-refractivity contribution is 5.92. The van der Waals surface area contributed by atoms with Crippen molar-refractivity contribution in [1.29, 1.82) is 5.26 Å². The number of benzene rings is 2. The van der Waals surface area contributed by atoms with Crippen LogP contribution in [-0.2, 0) is 30.8 Å². The minimum absolute atomic E-state index is 0.0113. The molecule has 0 spiro atoms. The number of pyridine rings is 1. The Balaban J connectivity index is 1.23. The monoisotopic (exact) mass is 607 g/mol. The van der Waals surface area contributed by atoms with Crippen LogP contribution in [0.3, 0.4) is 0 Å². The smallest absolute Gasteiger partial charge is 0.394 e. The predicted octanol–water partition coefficient (Wildman–Crippen LogP) is 3.84. The van der Waals surface area contributed by atoms with Gasteiger partial charge in [0.2, 0.25) is 5.91 Å². The van der Waals surface area contributed by atoms with E-state index in [1.54, 1.807) is 30.3 Å². The van der Waals surface area contributed by atoms with Crippen LogP contribution >= 0.6 is 0 Å². The van der Waals surface area contributed by atoms with Gasteiger partial charge in [-0.2, -0.15) is 14.0 Å². The van der Waals surface area contributed by atoms with Crippen LogP contribution in [0.1, 0.15) is 40.5 Å². The van der Waals surface area contributed by atoms with Crippen LogP contribution < -0.4 is 20.9 Å². The van der Waals surface area contributed by atoms with Gasteiger partial charge in [-0.25, -0.2) is 9.07 Å². The van der Waals surface area contributed by atoms with Crippen LogP contribution in [0.25, 0.3) is 0 Å². The van der Waals surface area contributed by atoms with E-state index < -0.39 is 23.7 Å². The second-order valence-electron chi connectivity index (χ2n) is 9.94. The van der Waals surface area contributed by atoms with Crippen molar-refractivity contribution in [3.05, 3.63) is 106 Å². The molecule has 0 aliphatic rings. The van der Waals surface area contributed by atoms with Crippen molar-refractivity contribution in [2.24, 2.45) is 0 Å². The van der Waals surface area contributed by atoms with Crippen molar-refractivity contribution in [3.8, 4) is 11.8 Å². The summed E-state index contributed by atoms with van der Waals surface area (Å²) in [5, 5.41) is 21.8. The lowest BCUT2D eigenvalue weighted by Crippen LogP contribution is -2.24. The van der Waals surface area contributed by atoms with E-state index in [-0.39, 0.29) is 49.8 Å². The molecule has 11 nitrogen and oxygen atoms in total. The fourth-order valence-corrected chi connectivity index (χ4v) is 4.18. The Morgan fingerprint density at radius 1 is 1.11 bits per heavy atom. The number of hydrogen-bond donors (Lipinski definition) is 2. The van der Waals surface area contributed by atoms with Gasteiger partial charge in [-0.3, -0.25) is 14.4 Å². The highest BCUT2D eigenvalue weighted by atomic mass is 19.3. The molecule has 14 heteroatoms. The van der Waals surface area contributed by atoms with Crippen LogP contribution in [0.2, 0.25) is 0 Å². The van der Waals surface area contributed by atoms with Crippen molar-refractivity contribution in [2.75, 3.05) is 5.32 Å². The van der Waals surface area contributed by atoms with E-state index in [9.17, 15) is 27.6 Å². The first-order chi connectivity index (χ1) is 21.0. The molecule has 2 aromatic carbocycles. The second-order valence-corrected chi connectivity index (χ2v) is 9.94. The molecule has 4 rings (SSSR count). The molecule has 0 bridgehead atoms. The number of hydrogen-bond acceptors (Lipinski definition) is 7. The number of amides is 2. The van der Waals surface area contributed by atoms with Crippen molar-refractivity contribution >= 4 is 17.5 Å². The third-order valence-corrected chi connectivity index (χ3v) is 6.19. The van der Waals surface area contributed by atoms with E-state index in [4.69, 9.17) is 5.26 Å². The Bertz CT molecular complexity index is 1730. The molecule has 44 heavy (non-hydrogen) atoms. The summed E-state index contributed by atoms with van der Waals surface area (Å²) in [6, 6.07) is 17.3. The van der Waals surface area contributed by atoms with Crippen molar-refractivity contribution in [2.45, 2.75) is 51.7 Å². The van der Waals surface area contributed by atoms with Crippen molar-refractivity contribution in [1.82, 2.24) is 24.9 Å². The van der Waals surface area contributed by atoms with Crippen LogP contribution in [0.4, 0.5) is 18.9 Å². The molecule has 0 fully saturated rings. The number of nitrogens with one attached hydrogen (secondary N) is 2. The number of nitriles is 1. The molecule has 0 saturated carbocycles. The third-order valence-electron chi connectivity index (χ3n) is 6.19. The summed E-state index contributed by atoms with van der Waals surface area (Å²) in [6.07, 6.45) is -2.03. The average molecular weight is 608 g/mol. The lowest BCUT2D eigenvalue weighted by atomic mass is 10.1. The van der Waals surface area contributed by atoms with Gasteiger partial charge in [-0.15, -0.1) is 5.10 Å². The minimum atomic E-state index is -3.34. The van der Waals surface area contributed by atoms with Crippen molar-refractivity contribution < 1.29 is 27.5 Å². The Hall–Kier alpha value is -5.45. The van der Waals surface area contributed by atoms with Crippen LogP contribution in [0, 0.1) is 11.3 Å². The number of aryl methyl sites for hydroxylation is 1. The fraction of sp³-hybridized carbons (Fsp3) is 0.267. The van der Waals surface area contributed by atoms with Gasteiger partial charge in [0.1, 0.15) is 11.9 Å². The SMILES string of the molecule is CC(F)(F)Oc1cccc(CNC(=O)c2cn(CC(F)CCn3ccc(NC(=O)Cc4cccc(C#N)c4)cc3=O)nn2)c1. The standard InChI is InChI=1S/C30H28F3N7O4/c1-30(32,33)44-25-7-3-6-22(13-25)17-35-29(43)26-19-40(38-37-26)18-23(31)8-10-39-11-9-24(15-28(39)42)36-27(41)14-20-4-2-5-21(12-20)16-34/h2-7,9,11-13,15,19,23H,8,10,14,17-18H2,1H3,(H,35,43)(H,36,41). The number of rotatable bonds is 13. The molecule has 2 aromatic heterocycles. The molecule has 2 heterocycles. The molecule has 0 aliphatic carbocycles. The first kappa shape index (κ1) is 31.5. The molecule has 228 valence electrons. The first-order valence-electron chi connectivity index (χ1n) is 13.4. The summed E-state index contributed by atoms with van der Waals surface area (Å²) in [5.41, 5.74) is 1.42. The maximum atomic E-state index is 14.7. The number of carbonyl (C=O) groups excluding carboxylic acids is 2. The van der Waals surface area contributed by atoms with Crippen LogP contribution in [-0.4, -0.2) is 43.7 Å². The van der Waals surface area contributed by atoms with Gasteiger partial charge in [-0.1, -0.05) is 29.5 Å². The number of ether oxygens (including phenoxy) is 1.